The van der Waals surface area contributed by atoms with Gasteiger partial charge < -0.3 is 10.2 Å². The quantitative estimate of drug-likeness (QED) is 0.838. The van der Waals surface area contributed by atoms with Gasteiger partial charge in [0.2, 0.25) is 11.8 Å². The third-order valence-corrected chi connectivity index (χ3v) is 4.66. The molecule has 1 aliphatic heterocycles. The van der Waals surface area contributed by atoms with E-state index in [0.29, 0.717) is 19.6 Å². The summed E-state index contributed by atoms with van der Waals surface area (Å²) < 4.78 is 0. The molecule has 1 fully saturated rings. The van der Waals surface area contributed by atoms with Crippen molar-refractivity contribution in [3.8, 4) is 0 Å². The molecule has 0 bridgehead atoms. The van der Waals surface area contributed by atoms with Gasteiger partial charge >= 0.3 is 0 Å². The molecule has 1 aromatic carbocycles. The van der Waals surface area contributed by atoms with Crippen LogP contribution in [0.3, 0.4) is 0 Å². The second-order valence-electron chi connectivity index (χ2n) is 6.03. The molecule has 0 aliphatic carbocycles. The van der Waals surface area contributed by atoms with Crippen molar-refractivity contribution >= 4 is 29.3 Å². The monoisotopic (exact) mass is 335 g/mol. The van der Waals surface area contributed by atoms with Crippen LogP contribution in [-0.4, -0.2) is 60.6 Å². The van der Waals surface area contributed by atoms with Gasteiger partial charge in [-0.3, -0.25) is 14.5 Å². The molecule has 0 radical (unpaired) electrons. The average Bonchev–Trinajstić information content (AvgIpc) is 2.55. The fourth-order valence-electron chi connectivity index (χ4n) is 2.57. The summed E-state index contributed by atoms with van der Waals surface area (Å²) in [5.41, 5.74) is 0.821. The molecule has 23 heavy (non-hydrogen) atoms. The van der Waals surface area contributed by atoms with Gasteiger partial charge in [0.05, 0.1) is 6.54 Å². The van der Waals surface area contributed by atoms with Crippen molar-refractivity contribution < 1.29 is 9.59 Å². The third kappa shape index (κ3) is 5.25. The highest BCUT2D eigenvalue weighted by atomic mass is 32.2. The van der Waals surface area contributed by atoms with Gasteiger partial charge in [-0.05, 0) is 30.5 Å². The van der Waals surface area contributed by atoms with Gasteiger partial charge in [-0.1, -0.05) is 13.8 Å². The molecule has 6 heteroatoms. The standard InChI is InChI=1S/C17H25N3O2S/c1-13(2)17(22)20-10-8-19(9-11-20)12-16(21)18-14-4-6-15(23-3)7-5-14/h4-7,13H,8-12H2,1-3H3,(H,18,21). The maximum atomic E-state index is 12.1. The summed E-state index contributed by atoms with van der Waals surface area (Å²) in [7, 11) is 0. The van der Waals surface area contributed by atoms with Crippen LogP contribution >= 0.6 is 11.8 Å². The van der Waals surface area contributed by atoms with Crippen molar-refractivity contribution in [3.05, 3.63) is 24.3 Å². The van der Waals surface area contributed by atoms with Gasteiger partial charge in [-0.25, -0.2) is 0 Å². The van der Waals surface area contributed by atoms with Crippen LogP contribution in [0.5, 0.6) is 0 Å². The van der Waals surface area contributed by atoms with Gasteiger partial charge in [0.25, 0.3) is 0 Å². The normalized spacial score (nSPS) is 15.7. The predicted octanol–water partition coefficient (Wildman–Crippen LogP) is 2.15. The second-order valence-corrected chi connectivity index (χ2v) is 6.91. The van der Waals surface area contributed by atoms with E-state index in [0.717, 1.165) is 18.8 Å². The SMILES string of the molecule is CSc1ccc(NC(=O)CN2CCN(C(=O)C(C)C)CC2)cc1. The van der Waals surface area contributed by atoms with Gasteiger partial charge in [-0.15, -0.1) is 11.8 Å². The summed E-state index contributed by atoms with van der Waals surface area (Å²) in [5, 5.41) is 2.92. The average molecular weight is 335 g/mol. The Labute approximate surface area is 142 Å². The number of piperazine rings is 1. The Morgan fingerprint density at radius 1 is 1.13 bits per heavy atom. The van der Waals surface area contributed by atoms with Crippen LogP contribution < -0.4 is 5.32 Å². The van der Waals surface area contributed by atoms with Crippen molar-refractivity contribution in [2.45, 2.75) is 18.7 Å². The highest BCUT2D eigenvalue weighted by molar-refractivity contribution is 7.98. The molecule has 1 aliphatic rings. The summed E-state index contributed by atoms with van der Waals surface area (Å²) in [6, 6.07) is 7.83. The lowest BCUT2D eigenvalue weighted by atomic mass is 10.1. The number of rotatable bonds is 5. The van der Waals surface area contributed by atoms with Crippen molar-refractivity contribution in [1.29, 1.82) is 0 Å². The Morgan fingerprint density at radius 2 is 1.74 bits per heavy atom. The molecular formula is C17H25N3O2S. The summed E-state index contributed by atoms with van der Waals surface area (Å²) in [6.07, 6.45) is 2.03. The molecule has 0 spiro atoms. The number of carbonyl (C=O) groups excluding carboxylic acids is 2. The number of nitrogens with one attached hydrogen (secondary N) is 1. The van der Waals surface area contributed by atoms with E-state index in [1.807, 2.05) is 49.3 Å². The Hall–Kier alpha value is -1.53. The number of hydrogen-bond donors (Lipinski definition) is 1. The van der Waals surface area contributed by atoms with Crippen LogP contribution in [0.25, 0.3) is 0 Å². The molecule has 1 heterocycles. The lowest BCUT2D eigenvalue weighted by molar-refractivity contribution is -0.136. The zero-order chi connectivity index (χ0) is 16.8. The summed E-state index contributed by atoms with van der Waals surface area (Å²) in [5.74, 6) is 0.225. The lowest BCUT2D eigenvalue weighted by Gasteiger charge is -2.35. The lowest BCUT2D eigenvalue weighted by Crippen LogP contribution is -2.51. The number of benzene rings is 1. The van der Waals surface area contributed by atoms with Crippen molar-refractivity contribution in [1.82, 2.24) is 9.80 Å². The zero-order valence-electron chi connectivity index (χ0n) is 14.0. The summed E-state index contributed by atoms with van der Waals surface area (Å²) in [6.45, 7) is 7.11. The van der Waals surface area contributed by atoms with Crippen LogP contribution in [0.15, 0.2) is 29.2 Å². The zero-order valence-corrected chi connectivity index (χ0v) is 14.9. The summed E-state index contributed by atoms with van der Waals surface area (Å²) in [4.78, 5) is 29.2. The molecule has 2 amide bonds. The molecule has 0 aromatic heterocycles. The van der Waals surface area contributed by atoms with E-state index in [4.69, 9.17) is 0 Å². The smallest absolute Gasteiger partial charge is 0.238 e. The Bertz CT molecular complexity index is 537. The molecule has 0 saturated carbocycles. The van der Waals surface area contributed by atoms with E-state index < -0.39 is 0 Å². The van der Waals surface area contributed by atoms with Crippen LogP contribution in [0.4, 0.5) is 5.69 Å². The topological polar surface area (TPSA) is 52.7 Å². The fourth-order valence-corrected chi connectivity index (χ4v) is 2.98. The van der Waals surface area contributed by atoms with Crippen molar-refractivity contribution in [2.75, 3.05) is 44.3 Å². The number of nitrogens with zero attached hydrogens (tertiary/aromatic N) is 2. The number of thioether (sulfide) groups is 1. The van der Waals surface area contributed by atoms with Gasteiger partial charge in [0, 0.05) is 42.7 Å². The van der Waals surface area contributed by atoms with Crippen LogP contribution in [0, 0.1) is 5.92 Å². The second kappa shape index (κ2) is 8.36. The first-order valence-electron chi connectivity index (χ1n) is 7.94. The largest absolute Gasteiger partial charge is 0.340 e. The summed E-state index contributed by atoms with van der Waals surface area (Å²) >= 11 is 1.68. The number of hydrogen-bond acceptors (Lipinski definition) is 4. The van der Waals surface area contributed by atoms with Gasteiger partial charge in [-0.2, -0.15) is 0 Å². The van der Waals surface area contributed by atoms with Crippen LogP contribution in [-0.2, 0) is 9.59 Å². The van der Waals surface area contributed by atoms with E-state index in [1.165, 1.54) is 4.90 Å². The van der Waals surface area contributed by atoms with E-state index in [9.17, 15) is 9.59 Å². The molecule has 1 saturated heterocycles. The molecule has 126 valence electrons. The van der Waals surface area contributed by atoms with Crippen LogP contribution in [0.2, 0.25) is 0 Å². The van der Waals surface area contributed by atoms with Crippen LogP contribution in [0.1, 0.15) is 13.8 Å². The Kier molecular flexibility index (Phi) is 6.47. The number of amides is 2. The van der Waals surface area contributed by atoms with E-state index in [1.54, 1.807) is 11.8 Å². The minimum Gasteiger partial charge on any atom is -0.340 e. The first kappa shape index (κ1) is 17.8. The minimum atomic E-state index is -0.00876. The molecular weight excluding hydrogens is 310 g/mol. The highest BCUT2D eigenvalue weighted by Gasteiger charge is 2.23. The Morgan fingerprint density at radius 3 is 2.26 bits per heavy atom. The van der Waals surface area contributed by atoms with Crippen molar-refractivity contribution in [2.24, 2.45) is 5.92 Å². The fraction of sp³-hybridized carbons (Fsp3) is 0.529. The first-order chi connectivity index (χ1) is 11.0. The van der Waals surface area contributed by atoms with E-state index in [-0.39, 0.29) is 17.7 Å². The molecule has 1 aromatic rings. The third-order valence-electron chi connectivity index (χ3n) is 3.92. The number of anilines is 1. The Balaban J connectivity index is 1.77. The molecule has 0 atom stereocenters. The minimum absolute atomic E-state index is 0.00876. The number of carbonyl (C=O) groups is 2. The molecule has 1 N–H and O–H groups in total. The molecule has 2 rings (SSSR count). The first-order valence-corrected chi connectivity index (χ1v) is 9.17. The highest BCUT2D eigenvalue weighted by Crippen LogP contribution is 2.17. The van der Waals surface area contributed by atoms with E-state index >= 15 is 0 Å². The van der Waals surface area contributed by atoms with Crippen molar-refractivity contribution in [3.63, 3.8) is 0 Å². The maximum absolute atomic E-state index is 12.1. The predicted molar refractivity (Wildman–Crippen MR) is 94.7 cm³/mol. The van der Waals surface area contributed by atoms with Gasteiger partial charge in [0.15, 0.2) is 0 Å². The van der Waals surface area contributed by atoms with E-state index in [2.05, 4.69) is 10.2 Å². The molecule has 5 nitrogen and oxygen atoms in total. The maximum Gasteiger partial charge on any atom is 0.238 e. The van der Waals surface area contributed by atoms with Gasteiger partial charge in [0.1, 0.15) is 0 Å². The molecule has 0 unspecified atom stereocenters.